The molecule has 1 aliphatic carbocycles. The van der Waals surface area contributed by atoms with Crippen LogP contribution in [0.4, 0.5) is 0 Å². The minimum absolute atomic E-state index is 0.597. The summed E-state index contributed by atoms with van der Waals surface area (Å²) < 4.78 is 0.268. The first-order valence-corrected chi connectivity index (χ1v) is 6.56. The van der Waals surface area contributed by atoms with Gasteiger partial charge >= 0.3 is 5.97 Å². The standard InChI is InChI=1S/C12H11BrO2S/c13-9-4-3-5-10(8-9)16-12(11(14)15)6-1-2-7-12/h1-5,8H,6-7H2,(H,14,15). The third-order valence-electron chi connectivity index (χ3n) is 2.56. The van der Waals surface area contributed by atoms with Crippen molar-refractivity contribution in [1.82, 2.24) is 0 Å². The van der Waals surface area contributed by atoms with Crippen molar-refractivity contribution in [3.05, 3.63) is 40.9 Å². The molecule has 1 N–H and O–H groups in total. The number of allylic oxidation sites excluding steroid dienone is 2. The van der Waals surface area contributed by atoms with E-state index in [2.05, 4.69) is 15.9 Å². The van der Waals surface area contributed by atoms with Crippen LogP contribution < -0.4 is 0 Å². The molecule has 1 aromatic rings. The molecule has 0 aliphatic heterocycles. The number of aliphatic carboxylic acids is 1. The summed E-state index contributed by atoms with van der Waals surface area (Å²) in [6, 6.07) is 7.75. The summed E-state index contributed by atoms with van der Waals surface area (Å²) in [5, 5.41) is 9.32. The smallest absolute Gasteiger partial charge is 0.320 e. The maximum atomic E-state index is 11.3. The predicted molar refractivity (Wildman–Crippen MR) is 68.7 cm³/mol. The van der Waals surface area contributed by atoms with E-state index in [-0.39, 0.29) is 0 Å². The lowest BCUT2D eigenvalue weighted by Gasteiger charge is -2.23. The molecule has 0 aromatic heterocycles. The Morgan fingerprint density at radius 3 is 2.62 bits per heavy atom. The number of halogens is 1. The molecule has 0 saturated carbocycles. The van der Waals surface area contributed by atoms with E-state index in [1.807, 2.05) is 36.4 Å². The van der Waals surface area contributed by atoms with Gasteiger partial charge in [-0.3, -0.25) is 4.79 Å². The van der Waals surface area contributed by atoms with E-state index < -0.39 is 10.7 Å². The molecule has 4 heteroatoms. The van der Waals surface area contributed by atoms with Crippen molar-refractivity contribution >= 4 is 33.7 Å². The van der Waals surface area contributed by atoms with Gasteiger partial charge < -0.3 is 5.11 Å². The maximum absolute atomic E-state index is 11.3. The van der Waals surface area contributed by atoms with E-state index in [4.69, 9.17) is 0 Å². The first kappa shape index (κ1) is 11.7. The van der Waals surface area contributed by atoms with E-state index in [1.165, 1.54) is 11.8 Å². The van der Waals surface area contributed by atoms with Gasteiger partial charge in [0.15, 0.2) is 0 Å². The van der Waals surface area contributed by atoms with Gasteiger partial charge in [-0.1, -0.05) is 34.1 Å². The fraction of sp³-hybridized carbons (Fsp3) is 0.250. The second-order valence-electron chi connectivity index (χ2n) is 3.74. The molecule has 0 unspecified atom stereocenters. The Morgan fingerprint density at radius 1 is 1.38 bits per heavy atom. The van der Waals surface area contributed by atoms with Crippen LogP contribution in [0.3, 0.4) is 0 Å². The maximum Gasteiger partial charge on any atom is 0.320 e. The molecule has 2 nitrogen and oxygen atoms in total. The van der Waals surface area contributed by atoms with Gasteiger partial charge in [0.05, 0.1) is 0 Å². The van der Waals surface area contributed by atoms with E-state index in [9.17, 15) is 9.90 Å². The van der Waals surface area contributed by atoms with Crippen LogP contribution in [-0.2, 0) is 4.79 Å². The zero-order chi connectivity index (χ0) is 11.6. The average molecular weight is 299 g/mol. The van der Waals surface area contributed by atoms with Crippen LogP contribution in [-0.4, -0.2) is 15.8 Å². The number of rotatable bonds is 3. The summed E-state index contributed by atoms with van der Waals surface area (Å²) in [5.74, 6) is -0.734. The quantitative estimate of drug-likeness (QED) is 0.864. The predicted octanol–water partition coefficient (Wildman–Crippen LogP) is 3.71. The highest BCUT2D eigenvalue weighted by molar-refractivity contribution is 9.10. The van der Waals surface area contributed by atoms with E-state index in [0.717, 1.165) is 9.37 Å². The Bertz CT molecular complexity index is 434. The molecule has 1 aliphatic rings. The lowest BCUT2D eigenvalue weighted by atomic mass is 10.1. The number of hydrogen-bond donors (Lipinski definition) is 1. The van der Waals surface area contributed by atoms with Crippen LogP contribution in [0.25, 0.3) is 0 Å². The van der Waals surface area contributed by atoms with Gasteiger partial charge in [-0.25, -0.2) is 0 Å². The van der Waals surface area contributed by atoms with Crippen LogP contribution >= 0.6 is 27.7 Å². The van der Waals surface area contributed by atoms with Crippen LogP contribution in [0.2, 0.25) is 0 Å². The zero-order valence-corrected chi connectivity index (χ0v) is 10.9. The highest BCUT2D eigenvalue weighted by atomic mass is 79.9. The Hall–Kier alpha value is -0.740. The molecule has 0 fully saturated rings. The first-order valence-electron chi connectivity index (χ1n) is 4.95. The number of carbonyl (C=O) groups is 1. The number of carboxylic acid groups (broad SMARTS) is 1. The fourth-order valence-electron chi connectivity index (χ4n) is 1.69. The van der Waals surface area contributed by atoms with Crippen LogP contribution in [0.15, 0.2) is 45.8 Å². The lowest BCUT2D eigenvalue weighted by Crippen LogP contribution is -2.31. The van der Waals surface area contributed by atoms with Gasteiger partial charge in [-0.15, -0.1) is 11.8 Å². The van der Waals surface area contributed by atoms with Gasteiger partial charge in [0.25, 0.3) is 0 Å². The second kappa shape index (κ2) is 4.63. The number of benzene rings is 1. The van der Waals surface area contributed by atoms with Gasteiger partial charge in [0, 0.05) is 9.37 Å². The van der Waals surface area contributed by atoms with Crippen molar-refractivity contribution in [2.45, 2.75) is 22.5 Å². The molecule has 0 atom stereocenters. The van der Waals surface area contributed by atoms with Crippen LogP contribution in [0.1, 0.15) is 12.8 Å². The van der Waals surface area contributed by atoms with Crippen molar-refractivity contribution in [1.29, 1.82) is 0 Å². The first-order chi connectivity index (χ1) is 7.62. The van der Waals surface area contributed by atoms with E-state index in [1.54, 1.807) is 0 Å². The summed E-state index contributed by atoms with van der Waals surface area (Å²) in [4.78, 5) is 12.3. The van der Waals surface area contributed by atoms with Crippen molar-refractivity contribution in [2.75, 3.05) is 0 Å². The Balaban J connectivity index is 2.22. The van der Waals surface area contributed by atoms with E-state index >= 15 is 0 Å². The van der Waals surface area contributed by atoms with Crippen molar-refractivity contribution in [2.24, 2.45) is 0 Å². The summed E-state index contributed by atoms with van der Waals surface area (Å²) in [6.45, 7) is 0. The largest absolute Gasteiger partial charge is 0.480 e. The Labute approximate surface area is 107 Å². The molecule has 0 amide bonds. The number of carboxylic acids is 1. The van der Waals surface area contributed by atoms with Gasteiger partial charge in [-0.2, -0.15) is 0 Å². The summed E-state index contributed by atoms with van der Waals surface area (Å²) in [5.41, 5.74) is 0. The molecule has 84 valence electrons. The number of hydrogen-bond acceptors (Lipinski definition) is 2. The highest BCUT2D eigenvalue weighted by Gasteiger charge is 2.40. The molecular formula is C12H11BrO2S. The summed E-state index contributed by atoms with van der Waals surface area (Å²) >= 11 is 4.82. The number of thioether (sulfide) groups is 1. The van der Waals surface area contributed by atoms with Crippen LogP contribution in [0.5, 0.6) is 0 Å². The molecule has 2 rings (SSSR count). The van der Waals surface area contributed by atoms with Crippen LogP contribution in [0, 0.1) is 0 Å². The fourth-order valence-corrected chi connectivity index (χ4v) is 3.47. The minimum Gasteiger partial charge on any atom is -0.480 e. The molecule has 0 radical (unpaired) electrons. The molecular weight excluding hydrogens is 288 g/mol. The monoisotopic (exact) mass is 298 g/mol. The van der Waals surface area contributed by atoms with Gasteiger partial charge in [0.1, 0.15) is 4.75 Å². The SMILES string of the molecule is O=C(O)C1(Sc2cccc(Br)c2)CC=CC1. The van der Waals surface area contributed by atoms with Crippen molar-refractivity contribution < 1.29 is 9.90 Å². The van der Waals surface area contributed by atoms with Gasteiger partial charge in [0.2, 0.25) is 0 Å². The molecule has 0 heterocycles. The third-order valence-corrected chi connectivity index (χ3v) is 4.44. The molecule has 0 spiro atoms. The highest BCUT2D eigenvalue weighted by Crippen LogP contribution is 2.42. The molecule has 0 bridgehead atoms. The average Bonchev–Trinajstić information content (AvgIpc) is 2.67. The summed E-state index contributed by atoms with van der Waals surface area (Å²) in [7, 11) is 0. The van der Waals surface area contributed by atoms with Crippen molar-refractivity contribution in [3.8, 4) is 0 Å². The topological polar surface area (TPSA) is 37.3 Å². The van der Waals surface area contributed by atoms with E-state index in [0.29, 0.717) is 12.8 Å². The van der Waals surface area contributed by atoms with Crippen molar-refractivity contribution in [3.63, 3.8) is 0 Å². The molecule has 16 heavy (non-hydrogen) atoms. The third kappa shape index (κ3) is 2.33. The second-order valence-corrected chi connectivity index (χ2v) is 6.11. The lowest BCUT2D eigenvalue weighted by molar-refractivity contribution is -0.139. The normalized spacial score (nSPS) is 17.6. The minimum atomic E-state index is -0.734. The Morgan fingerprint density at radius 2 is 2.06 bits per heavy atom. The molecule has 0 saturated heterocycles. The molecule has 1 aromatic carbocycles. The zero-order valence-electron chi connectivity index (χ0n) is 8.52. The summed E-state index contributed by atoms with van der Waals surface area (Å²) in [6.07, 6.45) is 5.08. The Kier molecular flexibility index (Phi) is 3.40. The van der Waals surface area contributed by atoms with Gasteiger partial charge in [-0.05, 0) is 31.0 Å².